The number of amides is 1. The fourth-order valence-electron chi connectivity index (χ4n) is 6.07. The van der Waals surface area contributed by atoms with E-state index in [9.17, 15) is 4.79 Å². The molecule has 1 amide bonds. The van der Waals surface area contributed by atoms with Crippen LogP contribution in [0, 0.1) is 0 Å². The summed E-state index contributed by atoms with van der Waals surface area (Å²) in [7, 11) is 0. The van der Waals surface area contributed by atoms with E-state index < -0.39 is 11.6 Å². The van der Waals surface area contributed by atoms with Gasteiger partial charge in [0.05, 0.1) is 6.61 Å². The second-order valence-corrected chi connectivity index (χ2v) is 13.6. The van der Waals surface area contributed by atoms with E-state index in [-0.39, 0.29) is 18.9 Å². The quantitative estimate of drug-likeness (QED) is 0.0441. The Morgan fingerprint density at radius 2 is 1.50 bits per heavy atom. The molecule has 0 unspecified atom stereocenters. The molecule has 0 spiro atoms. The number of hydrazine groups is 1. The largest absolute Gasteiger partial charge is 0.494 e. The first-order chi connectivity index (χ1) is 26.5. The normalized spacial score (nSPS) is 16.2. The molecule has 5 aromatic rings. The highest BCUT2D eigenvalue weighted by molar-refractivity contribution is 9.10. The van der Waals surface area contributed by atoms with Gasteiger partial charge in [0.25, 0.3) is 5.91 Å². The molecule has 1 aliphatic rings. The van der Waals surface area contributed by atoms with Gasteiger partial charge in [-0.25, -0.2) is 10.4 Å². The number of nitrogens with zero attached hydrogens (tertiary/aromatic N) is 1. The summed E-state index contributed by atoms with van der Waals surface area (Å²) in [6.45, 7) is 5.69. The predicted molar refractivity (Wildman–Crippen MR) is 214 cm³/mol. The lowest BCUT2D eigenvalue weighted by Crippen LogP contribution is -2.52. The van der Waals surface area contributed by atoms with Crippen LogP contribution in [0.5, 0.6) is 17.2 Å². The van der Waals surface area contributed by atoms with Crippen molar-refractivity contribution in [2.24, 2.45) is 4.99 Å². The van der Waals surface area contributed by atoms with E-state index in [4.69, 9.17) is 29.0 Å². The molecule has 0 fully saturated rings. The van der Waals surface area contributed by atoms with Crippen LogP contribution in [0.4, 0.5) is 0 Å². The zero-order chi connectivity index (χ0) is 37.6. The first kappa shape index (κ1) is 38.3. The van der Waals surface area contributed by atoms with Crippen molar-refractivity contribution < 1.29 is 28.8 Å². The molecule has 9 nitrogen and oxygen atoms in total. The molecular weight excluding hydrogens is 746 g/mol. The van der Waals surface area contributed by atoms with Gasteiger partial charge in [0.2, 0.25) is 5.90 Å². The van der Waals surface area contributed by atoms with Crippen molar-refractivity contribution in [3.8, 4) is 17.2 Å². The number of aliphatic hydroxyl groups is 1. The van der Waals surface area contributed by atoms with Crippen LogP contribution >= 0.6 is 15.9 Å². The van der Waals surface area contributed by atoms with Crippen LogP contribution in [-0.4, -0.2) is 42.2 Å². The van der Waals surface area contributed by atoms with Gasteiger partial charge in [-0.15, -0.1) is 6.58 Å². The van der Waals surface area contributed by atoms with Gasteiger partial charge >= 0.3 is 0 Å². The zero-order valence-electron chi connectivity index (χ0n) is 30.0. The number of carbonyl (C=O) groups is 1. The van der Waals surface area contributed by atoms with Crippen LogP contribution in [0.1, 0.15) is 46.8 Å². The second-order valence-electron chi connectivity index (χ2n) is 12.8. The number of aliphatic hydroxyl groups excluding tert-OH is 1. The Morgan fingerprint density at radius 1 is 0.833 bits per heavy atom. The van der Waals surface area contributed by atoms with E-state index in [0.717, 1.165) is 26.7 Å². The van der Waals surface area contributed by atoms with E-state index in [1.54, 1.807) is 6.08 Å². The van der Waals surface area contributed by atoms with Crippen molar-refractivity contribution in [3.05, 3.63) is 172 Å². The third-order valence-electron chi connectivity index (χ3n) is 8.90. The number of benzene rings is 5. The van der Waals surface area contributed by atoms with Crippen LogP contribution < -0.4 is 25.1 Å². The summed E-state index contributed by atoms with van der Waals surface area (Å²) in [5.74, 6) is 1.96. The summed E-state index contributed by atoms with van der Waals surface area (Å²) in [5, 5.41) is 9.08. The summed E-state index contributed by atoms with van der Waals surface area (Å²) in [4.78, 5) is 19.2. The molecule has 0 bridgehead atoms. The van der Waals surface area contributed by atoms with Crippen molar-refractivity contribution in [3.63, 3.8) is 0 Å². The van der Waals surface area contributed by atoms with E-state index in [1.807, 2.05) is 127 Å². The third kappa shape index (κ3) is 9.76. The Labute approximate surface area is 324 Å². The molecule has 2 atom stereocenters. The Bertz CT molecular complexity index is 2010. The Morgan fingerprint density at radius 3 is 2.17 bits per heavy atom. The summed E-state index contributed by atoms with van der Waals surface area (Å²) in [6.07, 6.45) is 2.32. The second kappa shape index (κ2) is 19.1. The van der Waals surface area contributed by atoms with Gasteiger partial charge in [-0.05, 0) is 65.6 Å². The summed E-state index contributed by atoms with van der Waals surface area (Å²) in [6, 6.07) is 40.9. The van der Waals surface area contributed by atoms with Crippen LogP contribution in [-0.2, 0) is 29.2 Å². The molecule has 10 heteroatoms. The van der Waals surface area contributed by atoms with Gasteiger partial charge in [-0.3, -0.25) is 10.2 Å². The molecule has 3 N–H and O–H groups in total. The summed E-state index contributed by atoms with van der Waals surface area (Å²) < 4.78 is 25.5. The minimum absolute atomic E-state index is 0.0602. The van der Waals surface area contributed by atoms with Crippen LogP contribution in [0.15, 0.2) is 150 Å². The standard InChI is InChI=1S/C44H44BrN3O6/c1-2-25-44(41(37-16-9-10-17-38(37)45)54-42(47-44)35-19-21-36(22-20-35)51-28-11-27-49)43(50)48-46-26-24-32-18-23-39(52-30-33-12-5-3-6-13-33)40(29-32)53-31-34-14-7-4-8-15-34/h2-10,12-23,29,41,46,49H,1,11,24-28,30-31H2,(H,48,50)/t41-,44-/m0/s1. The van der Waals surface area contributed by atoms with E-state index >= 15 is 0 Å². The van der Waals surface area contributed by atoms with Gasteiger partial charge in [0.15, 0.2) is 23.1 Å². The Kier molecular flexibility index (Phi) is 13.5. The average Bonchev–Trinajstić information content (AvgIpc) is 3.59. The lowest BCUT2D eigenvalue weighted by atomic mass is 9.84. The molecule has 0 aliphatic carbocycles. The fraction of sp³-hybridized carbons (Fsp3) is 0.227. The molecule has 54 heavy (non-hydrogen) atoms. The molecular formula is C44H44BrN3O6. The predicted octanol–water partition coefficient (Wildman–Crippen LogP) is 8.06. The SMILES string of the molecule is C=CC[C@]1(C(=O)NNCCc2ccc(OCc3ccccc3)c(OCc3ccccc3)c2)N=C(c2ccc(OCCCO)cc2)O[C@H]1c1ccccc1Br. The van der Waals surface area contributed by atoms with Crippen LogP contribution in [0.25, 0.3) is 0 Å². The highest BCUT2D eigenvalue weighted by Gasteiger charge is 2.53. The monoisotopic (exact) mass is 789 g/mol. The zero-order valence-corrected chi connectivity index (χ0v) is 31.5. The van der Waals surface area contributed by atoms with Gasteiger partial charge in [0.1, 0.15) is 19.0 Å². The van der Waals surface area contributed by atoms with Crippen molar-refractivity contribution >= 4 is 27.7 Å². The number of hydrogen-bond acceptors (Lipinski definition) is 8. The first-order valence-corrected chi connectivity index (χ1v) is 18.7. The van der Waals surface area contributed by atoms with Gasteiger partial charge in [0, 0.05) is 41.6 Å². The molecule has 278 valence electrons. The van der Waals surface area contributed by atoms with E-state index in [1.165, 1.54) is 0 Å². The minimum atomic E-state index is -1.35. The molecule has 0 saturated carbocycles. The summed E-state index contributed by atoms with van der Waals surface area (Å²) >= 11 is 3.66. The molecule has 0 aromatic heterocycles. The van der Waals surface area contributed by atoms with Gasteiger partial charge < -0.3 is 24.1 Å². The minimum Gasteiger partial charge on any atom is -0.494 e. The molecule has 0 radical (unpaired) electrons. The Balaban J connectivity index is 1.16. The number of halogens is 1. The number of hydrogen-bond donors (Lipinski definition) is 3. The van der Waals surface area contributed by atoms with Gasteiger partial charge in [-0.1, -0.05) is 107 Å². The van der Waals surface area contributed by atoms with Crippen molar-refractivity contribution in [2.45, 2.75) is 44.1 Å². The fourth-order valence-corrected chi connectivity index (χ4v) is 6.56. The highest BCUT2D eigenvalue weighted by atomic mass is 79.9. The molecule has 5 aromatic carbocycles. The van der Waals surface area contributed by atoms with E-state index in [0.29, 0.717) is 67.9 Å². The topological polar surface area (TPSA) is 111 Å². The smallest absolute Gasteiger partial charge is 0.266 e. The molecule has 6 rings (SSSR count). The van der Waals surface area contributed by atoms with Crippen LogP contribution in [0.3, 0.4) is 0 Å². The van der Waals surface area contributed by atoms with Crippen molar-refractivity contribution in [1.82, 2.24) is 10.9 Å². The number of ether oxygens (including phenoxy) is 4. The lowest BCUT2D eigenvalue weighted by molar-refractivity contribution is -0.129. The number of nitrogens with one attached hydrogen (secondary N) is 2. The van der Waals surface area contributed by atoms with Gasteiger partial charge in [-0.2, -0.15) is 0 Å². The number of carbonyl (C=O) groups excluding carboxylic acids is 1. The van der Waals surface area contributed by atoms with Crippen LogP contribution in [0.2, 0.25) is 0 Å². The van der Waals surface area contributed by atoms with E-state index in [2.05, 4.69) is 33.4 Å². The number of aliphatic imine (C=N–C) groups is 1. The highest BCUT2D eigenvalue weighted by Crippen LogP contribution is 2.44. The molecule has 1 aliphatic heterocycles. The number of rotatable bonds is 19. The third-order valence-corrected chi connectivity index (χ3v) is 9.62. The maximum Gasteiger partial charge on any atom is 0.266 e. The average molecular weight is 791 g/mol. The lowest BCUT2D eigenvalue weighted by Gasteiger charge is -2.30. The molecule has 1 heterocycles. The maximum absolute atomic E-state index is 14.2. The van der Waals surface area contributed by atoms with Crippen molar-refractivity contribution in [1.29, 1.82) is 0 Å². The molecule has 0 saturated heterocycles. The maximum atomic E-state index is 14.2. The summed E-state index contributed by atoms with van der Waals surface area (Å²) in [5.41, 5.74) is 9.32. The first-order valence-electron chi connectivity index (χ1n) is 17.9. The Hall–Kier alpha value is -5.42. The van der Waals surface area contributed by atoms with Crippen molar-refractivity contribution in [2.75, 3.05) is 19.8 Å².